The SMILES string of the molecule is CCCCc1ccccc1N=Nc1ccc(N=Nc2ccc(O)c3ccccc23)cc1. The molecule has 0 aromatic heterocycles. The first-order valence-corrected chi connectivity index (χ1v) is 10.5. The Morgan fingerprint density at radius 2 is 1.23 bits per heavy atom. The second-order valence-corrected chi connectivity index (χ2v) is 7.30. The number of phenolic OH excluding ortho intramolecular Hbond substituents is 1. The molecule has 0 fully saturated rings. The van der Waals surface area contributed by atoms with Crippen molar-refractivity contribution >= 4 is 33.5 Å². The minimum Gasteiger partial charge on any atom is -0.507 e. The van der Waals surface area contributed by atoms with E-state index in [1.54, 1.807) is 12.1 Å². The first-order chi connectivity index (χ1) is 15.2. The van der Waals surface area contributed by atoms with Gasteiger partial charge in [0.2, 0.25) is 0 Å². The van der Waals surface area contributed by atoms with Crippen LogP contribution in [0.2, 0.25) is 0 Å². The number of unbranched alkanes of at least 4 members (excludes halogenated alkanes) is 1. The number of aromatic hydroxyl groups is 1. The van der Waals surface area contributed by atoms with E-state index >= 15 is 0 Å². The van der Waals surface area contributed by atoms with Crippen LogP contribution in [0.4, 0.5) is 22.7 Å². The number of nitrogens with zero attached hydrogens (tertiary/aromatic N) is 4. The average Bonchev–Trinajstić information content (AvgIpc) is 2.82. The van der Waals surface area contributed by atoms with Crippen LogP contribution >= 0.6 is 0 Å². The lowest BCUT2D eigenvalue weighted by molar-refractivity contribution is 0.481. The summed E-state index contributed by atoms with van der Waals surface area (Å²) in [6.45, 7) is 2.19. The van der Waals surface area contributed by atoms with Gasteiger partial charge in [-0.05, 0) is 60.9 Å². The number of hydrogen-bond acceptors (Lipinski definition) is 5. The molecule has 0 aliphatic heterocycles. The number of azo groups is 2. The Bertz CT molecular complexity index is 1230. The van der Waals surface area contributed by atoms with Crippen molar-refractivity contribution in [1.29, 1.82) is 0 Å². The molecule has 5 nitrogen and oxygen atoms in total. The third-order valence-electron chi connectivity index (χ3n) is 5.07. The second-order valence-electron chi connectivity index (χ2n) is 7.30. The summed E-state index contributed by atoms with van der Waals surface area (Å²) >= 11 is 0. The Balaban J connectivity index is 1.50. The maximum Gasteiger partial charge on any atom is 0.123 e. The van der Waals surface area contributed by atoms with Gasteiger partial charge >= 0.3 is 0 Å². The van der Waals surface area contributed by atoms with E-state index in [2.05, 4.69) is 33.4 Å². The molecule has 0 saturated carbocycles. The monoisotopic (exact) mass is 408 g/mol. The van der Waals surface area contributed by atoms with Crippen LogP contribution in [0, 0.1) is 0 Å². The molecule has 4 aromatic carbocycles. The van der Waals surface area contributed by atoms with Crippen LogP contribution in [0.1, 0.15) is 25.3 Å². The molecule has 1 N–H and O–H groups in total. The van der Waals surface area contributed by atoms with E-state index in [4.69, 9.17) is 0 Å². The topological polar surface area (TPSA) is 69.7 Å². The van der Waals surface area contributed by atoms with Crippen LogP contribution < -0.4 is 0 Å². The van der Waals surface area contributed by atoms with Gasteiger partial charge < -0.3 is 5.11 Å². The molecule has 0 saturated heterocycles. The van der Waals surface area contributed by atoms with Crippen molar-refractivity contribution < 1.29 is 5.11 Å². The largest absolute Gasteiger partial charge is 0.507 e. The highest BCUT2D eigenvalue weighted by atomic mass is 16.3. The average molecular weight is 409 g/mol. The van der Waals surface area contributed by atoms with E-state index in [0.29, 0.717) is 5.69 Å². The standard InChI is InChI=1S/C26H24N4O/c1-2-3-8-19-9-4-7-12-24(19)29-27-20-13-15-21(16-14-20)28-30-25-17-18-26(31)23-11-6-5-10-22(23)25/h4-7,9-18,31H,2-3,8H2,1H3. The first kappa shape index (κ1) is 20.4. The van der Waals surface area contributed by atoms with Crippen molar-refractivity contribution in [3.63, 3.8) is 0 Å². The molecule has 0 atom stereocenters. The molecule has 0 amide bonds. The number of hydrogen-bond donors (Lipinski definition) is 1. The molecule has 0 spiro atoms. The van der Waals surface area contributed by atoms with E-state index < -0.39 is 0 Å². The smallest absolute Gasteiger partial charge is 0.123 e. The molecule has 0 heterocycles. The highest BCUT2D eigenvalue weighted by Gasteiger charge is 2.04. The van der Waals surface area contributed by atoms with Crippen molar-refractivity contribution in [2.45, 2.75) is 26.2 Å². The number of rotatable bonds is 7. The van der Waals surface area contributed by atoms with E-state index in [0.717, 1.165) is 47.1 Å². The molecule has 0 aliphatic carbocycles. The summed E-state index contributed by atoms with van der Waals surface area (Å²) in [5.74, 6) is 0.237. The molecule has 0 radical (unpaired) electrons. The zero-order chi connectivity index (χ0) is 21.5. The highest BCUT2D eigenvalue weighted by molar-refractivity contribution is 5.96. The molecule has 31 heavy (non-hydrogen) atoms. The summed E-state index contributed by atoms with van der Waals surface area (Å²) in [6, 6.07) is 26.6. The van der Waals surface area contributed by atoms with E-state index in [9.17, 15) is 5.11 Å². The molecular weight excluding hydrogens is 384 g/mol. The molecular formula is C26H24N4O. The summed E-state index contributed by atoms with van der Waals surface area (Å²) in [7, 11) is 0. The van der Waals surface area contributed by atoms with Gasteiger partial charge in [-0.3, -0.25) is 0 Å². The summed E-state index contributed by atoms with van der Waals surface area (Å²) in [5.41, 5.74) is 4.33. The number of phenols is 1. The molecule has 5 heteroatoms. The molecule has 4 aromatic rings. The number of fused-ring (bicyclic) bond motifs is 1. The Morgan fingerprint density at radius 1 is 0.613 bits per heavy atom. The summed E-state index contributed by atoms with van der Waals surface area (Å²) in [4.78, 5) is 0. The van der Waals surface area contributed by atoms with Gasteiger partial charge in [0.25, 0.3) is 0 Å². The van der Waals surface area contributed by atoms with Crippen molar-refractivity contribution in [1.82, 2.24) is 0 Å². The van der Waals surface area contributed by atoms with Gasteiger partial charge in [0.15, 0.2) is 0 Å². The van der Waals surface area contributed by atoms with E-state index in [1.807, 2.05) is 66.7 Å². The number of benzene rings is 4. The fraction of sp³-hybridized carbons (Fsp3) is 0.154. The lowest BCUT2D eigenvalue weighted by atomic mass is 10.1. The Hall–Kier alpha value is -3.86. The van der Waals surface area contributed by atoms with E-state index in [-0.39, 0.29) is 5.75 Å². The Labute approximate surface area is 181 Å². The predicted octanol–water partition coefficient (Wildman–Crippen LogP) is 8.72. The normalized spacial score (nSPS) is 11.6. The third kappa shape index (κ3) is 5.01. The fourth-order valence-corrected chi connectivity index (χ4v) is 3.35. The summed E-state index contributed by atoms with van der Waals surface area (Å²) in [5, 5.41) is 29.2. The van der Waals surface area contributed by atoms with Gasteiger partial charge in [-0.2, -0.15) is 15.3 Å². The molecule has 0 aliphatic rings. The lowest BCUT2D eigenvalue weighted by Gasteiger charge is -2.03. The lowest BCUT2D eigenvalue weighted by Crippen LogP contribution is -1.84. The maximum absolute atomic E-state index is 10.0. The van der Waals surface area contributed by atoms with Crippen LogP contribution in [0.5, 0.6) is 5.75 Å². The second kappa shape index (κ2) is 9.76. The molecule has 0 bridgehead atoms. The summed E-state index contributed by atoms with van der Waals surface area (Å²) in [6.07, 6.45) is 3.31. The van der Waals surface area contributed by atoms with Crippen LogP contribution in [-0.2, 0) is 6.42 Å². The third-order valence-corrected chi connectivity index (χ3v) is 5.07. The first-order valence-electron chi connectivity index (χ1n) is 10.5. The van der Waals surface area contributed by atoms with Gasteiger partial charge in [-0.15, -0.1) is 5.11 Å². The van der Waals surface area contributed by atoms with Gasteiger partial charge in [-0.1, -0.05) is 55.8 Å². The van der Waals surface area contributed by atoms with Gasteiger partial charge in [0.1, 0.15) is 5.75 Å². The van der Waals surface area contributed by atoms with Crippen LogP contribution in [0.25, 0.3) is 10.8 Å². The van der Waals surface area contributed by atoms with Crippen molar-refractivity contribution in [2.24, 2.45) is 20.5 Å². The van der Waals surface area contributed by atoms with Gasteiger partial charge in [0.05, 0.1) is 22.7 Å². The summed E-state index contributed by atoms with van der Waals surface area (Å²) < 4.78 is 0. The van der Waals surface area contributed by atoms with Crippen LogP contribution in [0.15, 0.2) is 105 Å². The van der Waals surface area contributed by atoms with Crippen molar-refractivity contribution in [3.05, 3.63) is 90.5 Å². The molecule has 154 valence electrons. The zero-order valence-electron chi connectivity index (χ0n) is 17.4. The van der Waals surface area contributed by atoms with Crippen molar-refractivity contribution in [2.75, 3.05) is 0 Å². The molecule has 0 unspecified atom stereocenters. The van der Waals surface area contributed by atoms with Crippen LogP contribution in [0.3, 0.4) is 0 Å². The maximum atomic E-state index is 10.0. The highest BCUT2D eigenvalue weighted by Crippen LogP contribution is 2.33. The number of aryl methyl sites for hydroxylation is 1. The van der Waals surface area contributed by atoms with Crippen molar-refractivity contribution in [3.8, 4) is 5.75 Å². The zero-order valence-corrected chi connectivity index (χ0v) is 17.4. The van der Waals surface area contributed by atoms with E-state index in [1.165, 1.54) is 5.56 Å². The van der Waals surface area contributed by atoms with Gasteiger partial charge in [-0.25, -0.2) is 0 Å². The Morgan fingerprint density at radius 3 is 1.94 bits per heavy atom. The predicted molar refractivity (Wildman–Crippen MR) is 125 cm³/mol. The Kier molecular flexibility index (Phi) is 6.43. The minimum absolute atomic E-state index is 0.237. The van der Waals surface area contributed by atoms with Crippen LogP contribution in [-0.4, -0.2) is 5.11 Å². The fourth-order valence-electron chi connectivity index (χ4n) is 3.35. The molecule has 4 rings (SSSR count). The van der Waals surface area contributed by atoms with Gasteiger partial charge in [0, 0.05) is 10.8 Å². The minimum atomic E-state index is 0.237. The quantitative estimate of drug-likeness (QED) is 0.305.